The van der Waals surface area contributed by atoms with Crippen LogP contribution in [0.4, 0.5) is 0 Å². The quantitative estimate of drug-likeness (QED) is 0.767. The van der Waals surface area contributed by atoms with Gasteiger partial charge in [0.2, 0.25) is 0 Å². The molecule has 1 aliphatic heterocycles. The van der Waals surface area contributed by atoms with Gasteiger partial charge in [-0.25, -0.2) is 4.68 Å². The topological polar surface area (TPSA) is 54.2 Å². The number of aliphatic hydroxyl groups is 1. The molecule has 0 bridgehead atoms. The zero-order chi connectivity index (χ0) is 19.8. The number of halogens is 1. The third kappa shape index (κ3) is 4.37. The van der Waals surface area contributed by atoms with Crippen molar-refractivity contribution in [2.75, 3.05) is 13.1 Å². The number of aromatic nitrogens is 3. The van der Waals surface area contributed by atoms with Crippen LogP contribution in [0.15, 0.2) is 30.5 Å². The molecule has 29 heavy (non-hydrogen) atoms. The maximum Gasteiger partial charge on any atom is 0.0923 e. The largest absolute Gasteiger partial charge is 0.391 e. The molecule has 2 heterocycles. The molecule has 0 spiro atoms. The summed E-state index contributed by atoms with van der Waals surface area (Å²) in [6, 6.07) is 8.37. The molecule has 5 rings (SSSR count). The first kappa shape index (κ1) is 19.5. The lowest BCUT2D eigenvalue weighted by Crippen LogP contribution is -2.47. The van der Waals surface area contributed by atoms with Gasteiger partial charge in [0.15, 0.2) is 0 Å². The van der Waals surface area contributed by atoms with Crippen molar-refractivity contribution in [2.24, 2.45) is 5.92 Å². The standard InChI is InChI=1S/C23H31ClN4O/c24-19-10-8-18(9-11-19)21-12-23(29)22(28-14-20(25-26-28)17-6-7-17)15-27(21)13-16-4-2-1-3-5-16/h8-11,14,16-17,21-23,29H,1-7,12-13,15H2/t21-,22+,23+/m1/s1. The minimum absolute atomic E-state index is 0.0258. The van der Waals surface area contributed by atoms with Gasteiger partial charge in [-0.2, -0.15) is 0 Å². The van der Waals surface area contributed by atoms with Crippen molar-refractivity contribution < 1.29 is 5.11 Å². The van der Waals surface area contributed by atoms with Crippen molar-refractivity contribution in [1.82, 2.24) is 19.9 Å². The van der Waals surface area contributed by atoms with E-state index >= 15 is 0 Å². The summed E-state index contributed by atoms with van der Waals surface area (Å²) in [6.45, 7) is 1.92. The highest BCUT2D eigenvalue weighted by atomic mass is 35.5. The predicted octanol–water partition coefficient (Wildman–Crippen LogP) is 4.74. The van der Waals surface area contributed by atoms with Gasteiger partial charge in [-0.15, -0.1) is 5.10 Å². The summed E-state index contributed by atoms with van der Waals surface area (Å²) in [5.41, 5.74) is 2.34. The number of hydrogen-bond donors (Lipinski definition) is 1. The van der Waals surface area contributed by atoms with Gasteiger partial charge in [0.25, 0.3) is 0 Å². The summed E-state index contributed by atoms with van der Waals surface area (Å²) < 4.78 is 1.93. The van der Waals surface area contributed by atoms with E-state index in [0.717, 1.165) is 36.1 Å². The van der Waals surface area contributed by atoms with Crippen molar-refractivity contribution >= 4 is 11.6 Å². The monoisotopic (exact) mass is 414 g/mol. The zero-order valence-electron chi connectivity index (χ0n) is 17.0. The van der Waals surface area contributed by atoms with Crippen LogP contribution in [0.3, 0.4) is 0 Å². The van der Waals surface area contributed by atoms with Gasteiger partial charge in [0.05, 0.1) is 17.8 Å². The van der Waals surface area contributed by atoms with E-state index in [2.05, 4.69) is 33.5 Å². The van der Waals surface area contributed by atoms with Gasteiger partial charge in [0, 0.05) is 36.3 Å². The second-order valence-corrected chi connectivity index (χ2v) is 9.73. The van der Waals surface area contributed by atoms with Crippen LogP contribution >= 0.6 is 11.6 Å². The smallest absolute Gasteiger partial charge is 0.0923 e. The van der Waals surface area contributed by atoms with Gasteiger partial charge in [-0.3, -0.25) is 4.90 Å². The fraction of sp³-hybridized carbons (Fsp3) is 0.652. The molecule has 0 radical (unpaired) electrons. The molecule has 156 valence electrons. The summed E-state index contributed by atoms with van der Waals surface area (Å²) in [7, 11) is 0. The second kappa shape index (κ2) is 8.37. The number of hydrogen-bond acceptors (Lipinski definition) is 4. The minimum Gasteiger partial charge on any atom is -0.391 e. The van der Waals surface area contributed by atoms with Crippen LogP contribution in [-0.4, -0.2) is 44.2 Å². The molecule has 1 aromatic heterocycles. The normalized spacial score (nSPS) is 29.2. The van der Waals surface area contributed by atoms with Crippen molar-refractivity contribution in [3.63, 3.8) is 0 Å². The number of rotatable bonds is 5. The first-order chi connectivity index (χ1) is 14.2. The predicted molar refractivity (Wildman–Crippen MR) is 114 cm³/mol. The molecule has 6 heteroatoms. The van der Waals surface area contributed by atoms with Crippen LogP contribution in [-0.2, 0) is 0 Å². The summed E-state index contributed by atoms with van der Waals surface area (Å²) in [4.78, 5) is 2.59. The number of likely N-dealkylation sites (tertiary alicyclic amines) is 1. The number of nitrogens with zero attached hydrogens (tertiary/aromatic N) is 4. The molecule has 3 aliphatic rings. The number of piperidine rings is 1. The van der Waals surface area contributed by atoms with E-state index in [9.17, 15) is 5.11 Å². The summed E-state index contributed by atoms with van der Waals surface area (Å²) in [5, 5.41) is 20.6. The first-order valence-corrected chi connectivity index (χ1v) is 11.6. The van der Waals surface area contributed by atoms with Gasteiger partial charge < -0.3 is 5.11 Å². The van der Waals surface area contributed by atoms with Gasteiger partial charge in [-0.05, 0) is 55.7 Å². The Kier molecular flexibility index (Phi) is 5.63. The van der Waals surface area contributed by atoms with E-state index in [1.165, 1.54) is 50.5 Å². The highest BCUT2D eigenvalue weighted by Gasteiger charge is 2.38. The summed E-state index contributed by atoms with van der Waals surface area (Å²) in [6.07, 6.45) is 11.5. The molecule has 3 atom stereocenters. The van der Waals surface area contributed by atoms with E-state index in [1.807, 2.05) is 16.8 Å². The Bertz CT molecular complexity index is 813. The highest BCUT2D eigenvalue weighted by Crippen LogP contribution is 2.41. The maximum absolute atomic E-state index is 11.1. The van der Waals surface area contributed by atoms with E-state index < -0.39 is 6.10 Å². The maximum atomic E-state index is 11.1. The van der Waals surface area contributed by atoms with Gasteiger partial charge in [0.1, 0.15) is 0 Å². The molecule has 1 N–H and O–H groups in total. The zero-order valence-corrected chi connectivity index (χ0v) is 17.7. The summed E-state index contributed by atoms with van der Waals surface area (Å²) >= 11 is 6.13. The van der Waals surface area contributed by atoms with E-state index in [1.54, 1.807) is 0 Å². The van der Waals surface area contributed by atoms with Gasteiger partial charge in [-0.1, -0.05) is 48.2 Å². The molecule has 2 saturated carbocycles. The number of aliphatic hydroxyl groups excluding tert-OH is 1. The van der Waals surface area contributed by atoms with Crippen LogP contribution in [0.5, 0.6) is 0 Å². The molecule has 0 amide bonds. The third-order valence-electron chi connectivity index (χ3n) is 7.11. The van der Waals surface area contributed by atoms with E-state index in [0.29, 0.717) is 5.92 Å². The summed E-state index contributed by atoms with van der Waals surface area (Å²) in [5.74, 6) is 1.34. The fourth-order valence-electron chi connectivity index (χ4n) is 5.24. The SMILES string of the molecule is O[C@H]1C[C@H](c2ccc(Cl)cc2)N(CC2CCCCC2)C[C@@H]1n1cc(C2CC2)nn1. The highest BCUT2D eigenvalue weighted by molar-refractivity contribution is 6.30. The third-order valence-corrected chi connectivity index (χ3v) is 7.36. The van der Waals surface area contributed by atoms with Crippen molar-refractivity contribution in [2.45, 2.75) is 75.5 Å². The number of benzene rings is 1. The minimum atomic E-state index is -0.424. The molecule has 0 unspecified atom stereocenters. The Morgan fingerprint density at radius 3 is 2.52 bits per heavy atom. The average Bonchev–Trinajstić information content (AvgIpc) is 3.48. The Labute approximate surface area is 178 Å². The van der Waals surface area contributed by atoms with Crippen molar-refractivity contribution in [1.29, 1.82) is 0 Å². The fourth-order valence-corrected chi connectivity index (χ4v) is 5.36. The van der Waals surface area contributed by atoms with Crippen molar-refractivity contribution in [3.8, 4) is 0 Å². The molecule has 3 fully saturated rings. The lowest BCUT2D eigenvalue weighted by Gasteiger charge is -2.44. The van der Waals surface area contributed by atoms with Crippen LogP contribution in [0, 0.1) is 5.92 Å². The van der Waals surface area contributed by atoms with Crippen LogP contribution in [0.25, 0.3) is 0 Å². The Balaban J connectivity index is 1.38. The molecule has 1 saturated heterocycles. The molecular weight excluding hydrogens is 384 g/mol. The van der Waals surface area contributed by atoms with E-state index in [4.69, 9.17) is 11.6 Å². The molecule has 5 nitrogen and oxygen atoms in total. The van der Waals surface area contributed by atoms with Crippen LogP contribution in [0.2, 0.25) is 5.02 Å². The molecule has 2 aromatic rings. The molecular formula is C23H31ClN4O. The molecule has 2 aliphatic carbocycles. The molecule has 1 aromatic carbocycles. The second-order valence-electron chi connectivity index (χ2n) is 9.29. The lowest BCUT2D eigenvalue weighted by atomic mass is 9.85. The van der Waals surface area contributed by atoms with Crippen LogP contribution in [0.1, 0.15) is 80.6 Å². The Morgan fingerprint density at radius 1 is 1.03 bits per heavy atom. The Morgan fingerprint density at radius 2 is 1.79 bits per heavy atom. The van der Waals surface area contributed by atoms with Gasteiger partial charge >= 0.3 is 0 Å². The van der Waals surface area contributed by atoms with E-state index in [-0.39, 0.29) is 12.1 Å². The lowest BCUT2D eigenvalue weighted by molar-refractivity contribution is -0.0154. The Hall–Kier alpha value is -1.43. The first-order valence-electron chi connectivity index (χ1n) is 11.3. The van der Waals surface area contributed by atoms with Crippen molar-refractivity contribution in [3.05, 3.63) is 46.7 Å². The van der Waals surface area contributed by atoms with Crippen LogP contribution < -0.4 is 0 Å². The average molecular weight is 415 g/mol.